The number of hydrogen-bond donors (Lipinski definition) is 1. The average molecular weight is 1780 g/mol. The number of amides is 3. The Morgan fingerprint density at radius 3 is 1.34 bits per heavy atom. The minimum absolute atomic E-state index is 0.0142. The molecule has 3 aliphatic heterocycles. The number of benzene rings is 4. The molecule has 0 unspecified atom stereocenters. The van der Waals surface area contributed by atoms with Gasteiger partial charge in [-0.1, -0.05) is 100 Å². The van der Waals surface area contributed by atoms with Crippen LogP contribution in [0, 0.1) is 42.6 Å². The fourth-order valence-corrected chi connectivity index (χ4v) is 16.5. The van der Waals surface area contributed by atoms with Gasteiger partial charge in [-0.2, -0.15) is 20.2 Å². The maximum atomic E-state index is 15.2. The molecule has 0 bridgehead atoms. The molecule has 0 saturated carbocycles. The number of piperazine rings is 3. The van der Waals surface area contributed by atoms with Crippen molar-refractivity contribution in [1.82, 2.24) is 68.3 Å². The second kappa shape index (κ2) is 37.1. The van der Waals surface area contributed by atoms with Gasteiger partial charge < -0.3 is 44.0 Å². The quantitative estimate of drug-likeness (QED) is 0.0694. The zero-order chi connectivity index (χ0) is 90.9. The molecule has 3 fully saturated rings. The summed E-state index contributed by atoms with van der Waals surface area (Å²) >= 11 is 20.1. The van der Waals surface area contributed by atoms with Gasteiger partial charge in [0.25, 0.3) is 0 Å². The van der Waals surface area contributed by atoms with Crippen LogP contribution in [0.2, 0.25) is 15.1 Å². The highest BCUT2D eigenvalue weighted by molar-refractivity contribution is 6.35. The number of para-hydroxylation sites is 2. The summed E-state index contributed by atoms with van der Waals surface area (Å²) in [5.41, 5.74) is 1.90. The molecule has 126 heavy (non-hydrogen) atoms. The van der Waals surface area contributed by atoms with E-state index in [4.69, 9.17) is 49.5 Å². The van der Waals surface area contributed by atoms with Crippen molar-refractivity contribution in [1.29, 1.82) is 5.26 Å². The fraction of sp³-hybridized carbons (Fsp3) is 0.278. The first-order chi connectivity index (χ1) is 60.0. The first kappa shape index (κ1) is 90.2. The van der Waals surface area contributed by atoms with E-state index in [1.54, 1.807) is 57.1 Å². The topological polar surface area (TPSA) is 302 Å². The van der Waals surface area contributed by atoms with Crippen LogP contribution in [0.4, 0.5) is 43.8 Å². The third-order valence-electron chi connectivity index (χ3n) is 21.8. The third-order valence-corrected chi connectivity index (χ3v) is 22.6. The SMILES string of the molecule is C=CC(=O)N1CCN(c2nc(=O)n(-c3c(C)ccnc3C(C)C)c3nc(-c4cc(C#N)ccc4F)c(Cl)cc23)[C@@H](C)C1.C=CC(=O)N1CCN(c2nc(=O)n(-c3c(C)ccnc3C(C)C)c3nc(-c4cc(OC)ccc4F)c(Cl)cc23)[C@@H](C)C1.C=CC(=O)N1CCN(c2nc(=O)n(-c3ccccc3OC(F)(F)F)c3nc(-c4c(O)cccc4F)c(Cl)cc23)[C@@H](C)C1. The van der Waals surface area contributed by atoms with Crippen molar-refractivity contribution in [3.05, 3.63) is 252 Å². The molecule has 3 saturated heterocycles. The number of aromatic nitrogens is 11. The van der Waals surface area contributed by atoms with Crippen LogP contribution < -0.4 is 41.2 Å². The molecule has 3 amide bonds. The molecule has 8 aromatic heterocycles. The van der Waals surface area contributed by atoms with Gasteiger partial charge >= 0.3 is 23.4 Å². The Morgan fingerprint density at radius 2 is 0.937 bits per heavy atom. The van der Waals surface area contributed by atoms with E-state index in [0.717, 1.165) is 27.8 Å². The number of aryl methyl sites for hydroxylation is 2. The predicted molar refractivity (Wildman–Crippen MR) is 470 cm³/mol. The number of carbonyl (C=O) groups is 3. The van der Waals surface area contributed by atoms with Crippen molar-refractivity contribution in [2.75, 3.05) is 80.7 Å². The number of hydrogen-bond acceptors (Lipinski definition) is 21. The number of methoxy groups -OCH3 is 1. The maximum Gasteiger partial charge on any atom is 0.573 e. The van der Waals surface area contributed by atoms with E-state index in [2.05, 4.69) is 54.4 Å². The molecule has 12 aromatic rings. The van der Waals surface area contributed by atoms with Gasteiger partial charge in [0.2, 0.25) is 17.7 Å². The molecular formula is C90H83Cl3F6N18O9. The van der Waals surface area contributed by atoms with Gasteiger partial charge in [0, 0.05) is 101 Å². The van der Waals surface area contributed by atoms with Gasteiger partial charge in [-0.05, 0) is 167 Å². The summed E-state index contributed by atoms with van der Waals surface area (Å²) in [6.45, 7) is 31.4. The van der Waals surface area contributed by atoms with Crippen molar-refractivity contribution in [2.45, 2.75) is 98.6 Å². The van der Waals surface area contributed by atoms with Crippen LogP contribution in [0.5, 0.6) is 17.2 Å². The molecular weight excluding hydrogens is 1700 g/mol. The maximum absolute atomic E-state index is 15.2. The molecule has 11 heterocycles. The molecule has 1 N–H and O–H groups in total. The first-order valence-corrected chi connectivity index (χ1v) is 40.9. The summed E-state index contributed by atoms with van der Waals surface area (Å²) in [7, 11) is 1.49. The Morgan fingerprint density at radius 1 is 0.532 bits per heavy atom. The number of anilines is 3. The standard InChI is InChI=1S/C31H29ClFN7O2.C31H32ClFN6O3.C28H22ClF4N5O4/c1-6-25(41)38-11-12-39(19(5)16-38)29-22-14-23(32)27(21-13-20(15-34)7-8-24(21)33)36-30(22)40(31(42)37-29)28-18(4)9-10-35-26(28)17(2)3;1-7-25(40)37-12-13-38(19(5)16-37)29-22-15-23(32)27(21-14-20(42-6)8-9-24(21)33)35-30(22)39(31(41)36-29)28-18(4)10-11-34-26(28)17(2)3;1-3-22(40)36-11-12-37(15(2)14-36)25-16-13-17(29)24(23-18(30)7-6-9-20(23)39)34-26(16)38(27(41)35-25)19-8-4-5-10-21(19)42-28(31,32)33/h6-10,13-14,17,19H,1,11-12,16H2,2-5H3;7-11,14-15,17,19H,1,12-13,16H2,2-6H3;3-10,13,15,39H,1,11-12,14H2,2H3/t2*19-;15-/m000/s1. The molecule has 3 aliphatic rings. The normalized spacial score (nSPS) is 15.4. The summed E-state index contributed by atoms with van der Waals surface area (Å²) < 4.78 is 98.1. The highest BCUT2D eigenvalue weighted by atomic mass is 35.5. The molecule has 15 rings (SSSR count). The van der Waals surface area contributed by atoms with Crippen LogP contribution in [-0.4, -0.2) is 182 Å². The van der Waals surface area contributed by atoms with Crippen molar-refractivity contribution >= 4 is 103 Å². The fourth-order valence-electron chi connectivity index (χ4n) is 15.7. The average Bonchev–Trinajstić information content (AvgIpc) is 0.744. The summed E-state index contributed by atoms with van der Waals surface area (Å²) in [6, 6.07) is 26.3. The Balaban J connectivity index is 0.000000162. The molecule has 0 radical (unpaired) electrons. The molecule has 27 nitrogen and oxygen atoms in total. The zero-order valence-electron chi connectivity index (χ0n) is 69.8. The lowest BCUT2D eigenvalue weighted by Gasteiger charge is -2.40. The molecule has 36 heteroatoms. The molecule has 0 spiro atoms. The van der Waals surface area contributed by atoms with Crippen LogP contribution in [0.25, 0.3) is 83.9 Å². The molecule has 3 atom stereocenters. The second-order valence-electron chi connectivity index (χ2n) is 30.7. The van der Waals surface area contributed by atoms with Crippen molar-refractivity contribution < 1.29 is 55.3 Å². The Labute approximate surface area is 733 Å². The van der Waals surface area contributed by atoms with Crippen molar-refractivity contribution in [2.24, 2.45) is 0 Å². The van der Waals surface area contributed by atoms with Crippen LogP contribution >= 0.6 is 34.8 Å². The number of fused-ring (bicyclic) bond motifs is 3. The number of nitriles is 1. The van der Waals surface area contributed by atoms with E-state index in [0.29, 0.717) is 90.2 Å². The lowest BCUT2D eigenvalue weighted by Crippen LogP contribution is -2.54. The number of phenolic OH excluding ortho intramolecular Hbond substituents is 1. The smallest absolute Gasteiger partial charge is 0.507 e. The van der Waals surface area contributed by atoms with Crippen molar-refractivity contribution in [3.63, 3.8) is 0 Å². The van der Waals surface area contributed by atoms with Gasteiger partial charge in [0.05, 0.1) is 101 Å². The number of nitrogens with zero attached hydrogens (tertiary/aromatic N) is 18. The van der Waals surface area contributed by atoms with Gasteiger partial charge in [0.1, 0.15) is 46.4 Å². The highest BCUT2D eigenvalue weighted by Crippen LogP contribution is 2.44. The monoisotopic (exact) mass is 1780 g/mol. The lowest BCUT2D eigenvalue weighted by atomic mass is 10.0. The third kappa shape index (κ3) is 17.9. The van der Waals surface area contributed by atoms with Gasteiger partial charge in [-0.25, -0.2) is 56.2 Å². The minimum Gasteiger partial charge on any atom is -0.507 e. The van der Waals surface area contributed by atoms with Gasteiger partial charge in [0.15, 0.2) is 22.7 Å². The van der Waals surface area contributed by atoms with Crippen molar-refractivity contribution in [3.8, 4) is 74.2 Å². The number of aromatic hydroxyl groups is 1. The lowest BCUT2D eigenvalue weighted by molar-refractivity contribution is -0.274. The Kier molecular flexibility index (Phi) is 26.5. The molecule has 650 valence electrons. The Hall–Kier alpha value is -13.6. The number of phenols is 1. The summed E-state index contributed by atoms with van der Waals surface area (Å²) in [5.74, 6) is -2.56. The van der Waals surface area contributed by atoms with E-state index < -0.39 is 52.4 Å². The van der Waals surface area contributed by atoms with E-state index in [1.165, 1.54) is 107 Å². The Bertz CT molecular complexity index is 6620. The van der Waals surface area contributed by atoms with E-state index in [1.807, 2.05) is 77.3 Å². The molecule has 0 aliphatic carbocycles. The predicted octanol–water partition coefficient (Wildman–Crippen LogP) is 15.5. The minimum atomic E-state index is -5.08. The van der Waals surface area contributed by atoms with Gasteiger partial charge in [-0.15, -0.1) is 13.2 Å². The van der Waals surface area contributed by atoms with Gasteiger partial charge in [-0.3, -0.25) is 24.4 Å². The van der Waals surface area contributed by atoms with Crippen LogP contribution in [0.1, 0.15) is 88.4 Å². The van der Waals surface area contributed by atoms with Crippen LogP contribution in [0.3, 0.4) is 0 Å². The summed E-state index contributed by atoms with van der Waals surface area (Å²) in [5, 5.41) is 21.2. The summed E-state index contributed by atoms with van der Waals surface area (Å²) in [6.07, 6.45) is 2.08. The first-order valence-electron chi connectivity index (χ1n) is 39.7. The number of pyridine rings is 5. The number of ether oxygens (including phenoxy) is 2. The van der Waals surface area contributed by atoms with E-state index >= 15 is 8.78 Å². The molecule has 4 aromatic carbocycles. The number of rotatable bonds is 16. The van der Waals surface area contributed by atoms with E-state index in [-0.39, 0.29) is 156 Å². The zero-order valence-corrected chi connectivity index (χ0v) is 72.1. The highest BCUT2D eigenvalue weighted by Gasteiger charge is 2.38. The number of alkyl halides is 3. The number of halogens is 9. The van der Waals surface area contributed by atoms with Crippen LogP contribution in [-0.2, 0) is 14.4 Å². The summed E-state index contributed by atoms with van der Waals surface area (Å²) in [4.78, 5) is 126. The van der Waals surface area contributed by atoms with Crippen LogP contribution in [0.15, 0.2) is 174 Å². The largest absolute Gasteiger partial charge is 0.573 e. The number of carbonyl (C=O) groups excluding carboxylic acids is 3. The van der Waals surface area contributed by atoms with E-state index in [9.17, 15) is 56.7 Å². The second-order valence-corrected chi connectivity index (χ2v) is 31.9.